The molecule has 3 rings (SSSR count). The molecule has 1 aromatic rings. The maximum absolute atomic E-state index is 12.2. The zero-order valence-corrected chi connectivity index (χ0v) is 9.72. The number of aromatic nitrogens is 2. The predicted molar refractivity (Wildman–Crippen MR) is 63.2 cm³/mol. The van der Waals surface area contributed by atoms with Crippen LogP contribution in [0, 0.1) is 0 Å². The number of fused-ring (bicyclic) bond motifs is 1. The molecule has 0 unspecified atom stereocenters. The van der Waals surface area contributed by atoms with E-state index in [1.54, 1.807) is 6.20 Å². The molecular weight excluding hydrogens is 216 g/mol. The van der Waals surface area contributed by atoms with E-state index in [0.29, 0.717) is 18.2 Å². The molecule has 0 saturated heterocycles. The van der Waals surface area contributed by atoms with Crippen molar-refractivity contribution in [2.75, 3.05) is 5.73 Å². The number of rotatable bonds is 1. The van der Waals surface area contributed by atoms with Crippen molar-refractivity contribution in [3.05, 3.63) is 17.5 Å². The van der Waals surface area contributed by atoms with Crippen LogP contribution in [0.1, 0.15) is 48.2 Å². The molecule has 2 aliphatic rings. The van der Waals surface area contributed by atoms with Crippen molar-refractivity contribution in [1.82, 2.24) is 14.9 Å². The van der Waals surface area contributed by atoms with E-state index >= 15 is 0 Å². The summed E-state index contributed by atoms with van der Waals surface area (Å²) in [5.74, 6) is 0.328. The standard InChI is InChI=1S/C12H16N4O/c13-12-14-6-9-10(15-12)7-16(11(9)17)8-4-2-1-3-5-8/h6,8H,1-5,7H2,(H2,13,14,15). The summed E-state index contributed by atoms with van der Waals surface area (Å²) in [6.07, 6.45) is 7.52. The quantitative estimate of drug-likeness (QED) is 0.793. The maximum atomic E-state index is 12.2. The zero-order valence-electron chi connectivity index (χ0n) is 9.72. The summed E-state index contributed by atoms with van der Waals surface area (Å²) in [4.78, 5) is 22.2. The van der Waals surface area contributed by atoms with Gasteiger partial charge in [0.25, 0.3) is 5.91 Å². The molecule has 90 valence electrons. The van der Waals surface area contributed by atoms with Crippen LogP contribution < -0.4 is 5.73 Å². The topological polar surface area (TPSA) is 72.1 Å². The van der Waals surface area contributed by atoms with Gasteiger partial charge in [-0.3, -0.25) is 4.79 Å². The van der Waals surface area contributed by atoms with Gasteiger partial charge in [-0.2, -0.15) is 0 Å². The summed E-state index contributed by atoms with van der Waals surface area (Å²) >= 11 is 0. The summed E-state index contributed by atoms with van der Waals surface area (Å²) in [7, 11) is 0. The monoisotopic (exact) mass is 232 g/mol. The number of nitrogens with two attached hydrogens (primary N) is 1. The number of carbonyl (C=O) groups excluding carboxylic acids is 1. The Morgan fingerprint density at radius 1 is 1.29 bits per heavy atom. The minimum absolute atomic E-state index is 0.0758. The molecule has 1 aromatic heterocycles. The average Bonchev–Trinajstić information content (AvgIpc) is 2.67. The molecule has 2 heterocycles. The van der Waals surface area contributed by atoms with Gasteiger partial charge in [0, 0.05) is 12.2 Å². The van der Waals surface area contributed by atoms with Crippen LogP contribution in [0.15, 0.2) is 6.20 Å². The Bertz CT molecular complexity index is 454. The molecular formula is C12H16N4O. The first-order valence-corrected chi connectivity index (χ1v) is 6.18. The lowest BCUT2D eigenvalue weighted by molar-refractivity contribution is 0.0659. The van der Waals surface area contributed by atoms with Gasteiger partial charge < -0.3 is 10.6 Å². The average molecular weight is 232 g/mol. The Balaban J connectivity index is 1.85. The number of hydrogen-bond acceptors (Lipinski definition) is 4. The first-order valence-electron chi connectivity index (χ1n) is 6.18. The Hall–Kier alpha value is -1.65. The fourth-order valence-electron chi connectivity index (χ4n) is 2.81. The van der Waals surface area contributed by atoms with Crippen LogP contribution >= 0.6 is 0 Å². The van der Waals surface area contributed by atoms with Gasteiger partial charge in [-0.05, 0) is 12.8 Å². The summed E-state index contributed by atoms with van der Waals surface area (Å²) in [5.41, 5.74) is 6.96. The number of anilines is 1. The van der Waals surface area contributed by atoms with Crippen LogP contribution in [0.4, 0.5) is 5.95 Å². The van der Waals surface area contributed by atoms with Crippen LogP contribution in [0.25, 0.3) is 0 Å². The van der Waals surface area contributed by atoms with E-state index in [2.05, 4.69) is 9.97 Å². The van der Waals surface area contributed by atoms with Crippen LogP contribution in [0.5, 0.6) is 0 Å². The lowest BCUT2D eigenvalue weighted by Crippen LogP contribution is -2.36. The van der Waals surface area contributed by atoms with Crippen molar-refractivity contribution < 1.29 is 4.79 Å². The molecule has 1 fully saturated rings. The lowest BCUT2D eigenvalue weighted by atomic mass is 9.94. The Labute approximate surface area is 100 Å². The third kappa shape index (κ3) is 1.75. The Morgan fingerprint density at radius 2 is 2.06 bits per heavy atom. The van der Waals surface area contributed by atoms with Crippen LogP contribution in [0.3, 0.4) is 0 Å². The van der Waals surface area contributed by atoms with E-state index in [4.69, 9.17) is 5.73 Å². The molecule has 1 aliphatic heterocycles. The number of nitrogens with zero attached hydrogens (tertiary/aromatic N) is 3. The second-order valence-electron chi connectivity index (χ2n) is 4.81. The molecule has 5 nitrogen and oxygen atoms in total. The molecule has 17 heavy (non-hydrogen) atoms. The molecule has 1 aliphatic carbocycles. The lowest BCUT2D eigenvalue weighted by Gasteiger charge is -2.30. The minimum atomic E-state index is 0.0758. The minimum Gasteiger partial charge on any atom is -0.368 e. The highest BCUT2D eigenvalue weighted by Gasteiger charge is 2.34. The van der Waals surface area contributed by atoms with Crippen molar-refractivity contribution in [1.29, 1.82) is 0 Å². The summed E-state index contributed by atoms with van der Waals surface area (Å²) in [6.45, 7) is 0.603. The van der Waals surface area contributed by atoms with Gasteiger partial charge in [-0.15, -0.1) is 0 Å². The molecule has 0 spiro atoms. The number of carbonyl (C=O) groups is 1. The summed E-state index contributed by atoms with van der Waals surface area (Å²) in [5, 5.41) is 0. The first-order chi connectivity index (χ1) is 8.25. The summed E-state index contributed by atoms with van der Waals surface area (Å²) in [6, 6.07) is 0.381. The van der Waals surface area contributed by atoms with Crippen molar-refractivity contribution >= 4 is 11.9 Å². The van der Waals surface area contributed by atoms with E-state index in [1.807, 2.05) is 4.90 Å². The van der Waals surface area contributed by atoms with Gasteiger partial charge in [-0.25, -0.2) is 9.97 Å². The van der Waals surface area contributed by atoms with Crippen molar-refractivity contribution in [3.63, 3.8) is 0 Å². The number of hydrogen-bond donors (Lipinski definition) is 1. The number of amides is 1. The molecule has 0 bridgehead atoms. The Kier molecular flexibility index (Phi) is 2.46. The largest absolute Gasteiger partial charge is 0.368 e. The van der Waals surface area contributed by atoms with Gasteiger partial charge in [0.05, 0.1) is 17.8 Å². The highest BCUT2D eigenvalue weighted by Crippen LogP contribution is 2.29. The highest BCUT2D eigenvalue weighted by molar-refractivity contribution is 5.97. The van der Waals surface area contributed by atoms with Gasteiger partial charge in [0.15, 0.2) is 0 Å². The smallest absolute Gasteiger partial charge is 0.257 e. The summed E-state index contributed by atoms with van der Waals surface area (Å²) < 4.78 is 0. The molecule has 0 radical (unpaired) electrons. The number of nitrogen functional groups attached to an aromatic ring is 1. The van der Waals surface area contributed by atoms with E-state index in [1.165, 1.54) is 19.3 Å². The van der Waals surface area contributed by atoms with Crippen molar-refractivity contribution in [2.45, 2.75) is 44.7 Å². The third-order valence-corrected chi connectivity index (χ3v) is 3.71. The van der Waals surface area contributed by atoms with Gasteiger partial charge in [0.1, 0.15) is 0 Å². The van der Waals surface area contributed by atoms with E-state index in [9.17, 15) is 4.79 Å². The third-order valence-electron chi connectivity index (χ3n) is 3.71. The Morgan fingerprint density at radius 3 is 2.82 bits per heavy atom. The van der Waals surface area contributed by atoms with Gasteiger partial charge in [0.2, 0.25) is 5.95 Å². The maximum Gasteiger partial charge on any atom is 0.257 e. The predicted octanol–water partition coefficient (Wildman–Crippen LogP) is 1.35. The fourth-order valence-corrected chi connectivity index (χ4v) is 2.81. The molecule has 0 aromatic carbocycles. The van der Waals surface area contributed by atoms with E-state index < -0.39 is 0 Å². The first kappa shape index (κ1) is 10.5. The molecule has 2 N–H and O–H groups in total. The van der Waals surface area contributed by atoms with Crippen LogP contribution in [-0.2, 0) is 6.54 Å². The van der Waals surface area contributed by atoms with Crippen molar-refractivity contribution in [3.8, 4) is 0 Å². The molecule has 1 amide bonds. The molecule has 1 saturated carbocycles. The van der Waals surface area contributed by atoms with Crippen molar-refractivity contribution in [2.24, 2.45) is 0 Å². The zero-order chi connectivity index (χ0) is 11.8. The van der Waals surface area contributed by atoms with E-state index in [0.717, 1.165) is 18.5 Å². The van der Waals surface area contributed by atoms with Crippen LogP contribution in [-0.4, -0.2) is 26.8 Å². The van der Waals surface area contributed by atoms with Gasteiger partial charge >= 0.3 is 0 Å². The van der Waals surface area contributed by atoms with E-state index in [-0.39, 0.29) is 11.9 Å². The van der Waals surface area contributed by atoms with Gasteiger partial charge in [-0.1, -0.05) is 19.3 Å². The molecule has 5 heteroatoms. The highest BCUT2D eigenvalue weighted by atomic mass is 16.2. The second kappa shape index (κ2) is 3.98. The second-order valence-corrected chi connectivity index (χ2v) is 4.81. The SMILES string of the molecule is Nc1ncc2c(n1)CN(C1CCCCC1)C2=O. The fraction of sp³-hybridized carbons (Fsp3) is 0.583. The van der Waals surface area contributed by atoms with Crippen LogP contribution in [0.2, 0.25) is 0 Å². The molecule has 0 atom stereocenters. The normalized spacial score (nSPS) is 20.7.